The Hall–Kier alpha value is -2.38. The summed E-state index contributed by atoms with van der Waals surface area (Å²) in [6.07, 6.45) is 6.43. The minimum Gasteiger partial charge on any atom is -0.486 e. The summed E-state index contributed by atoms with van der Waals surface area (Å²) in [5.74, 6) is 2.26. The van der Waals surface area contributed by atoms with Crippen molar-refractivity contribution in [2.24, 2.45) is 23.7 Å². The van der Waals surface area contributed by atoms with E-state index >= 15 is 0 Å². The van der Waals surface area contributed by atoms with Crippen LogP contribution in [0.5, 0.6) is 5.75 Å². The monoisotopic (exact) mass is 496 g/mol. The number of fused-ring (bicyclic) bond motifs is 5. The Labute approximate surface area is 213 Å². The molecule has 7 atom stereocenters. The van der Waals surface area contributed by atoms with Crippen LogP contribution in [-0.2, 0) is 9.59 Å². The van der Waals surface area contributed by atoms with Gasteiger partial charge in [-0.05, 0) is 61.5 Å². The molecule has 196 valence electrons. The predicted octanol–water partition coefficient (Wildman–Crippen LogP) is 3.01. The van der Waals surface area contributed by atoms with Crippen molar-refractivity contribution in [1.82, 2.24) is 10.2 Å². The van der Waals surface area contributed by atoms with Crippen molar-refractivity contribution in [2.75, 3.05) is 19.7 Å². The molecule has 36 heavy (non-hydrogen) atoms. The first-order valence-electron chi connectivity index (χ1n) is 13.7. The van der Waals surface area contributed by atoms with E-state index in [9.17, 15) is 19.8 Å². The smallest absolute Gasteiger partial charge is 0.247 e. The number of nitrogens with zero attached hydrogens (tertiary/aromatic N) is 1. The third-order valence-electron chi connectivity index (χ3n) is 8.83. The molecule has 3 aliphatic carbocycles. The van der Waals surface area contributed by atoms with Crippen LogP contribution in [0.25, 0.3) is 0 Å². The summed E-state index contributed by atoms with van der Waals surface area (Å²) < 4.78 is 6.21. The number of aliphatic hydroxyl groups is 2. The van der Waals surface area contributed by atoms with E-state index in [0.717, 1.165) is 24.3 Å². The zero-order valence-electron chi connectivity index (χ0n) is 21.4. The maximum absolute atomic E-state index is 13.8. The van der Waals surface area contributed by atoms with Crippen LogP contribution in [0.1, 0.15) is 63.9 Å². The summed E-state index contributed by atoms with van der Waals surface area (Å²) in [5.41, 5.74) is 1.36. The number of hydrogen-bond acceptors (Lipinski definition) is 5. The summed E-state index contributed by atoms with van der Waals surface area (Å²) in [7, 11) is 0. The molecule has 7 nitrogen and oxygen atoms in total. The average molecular weight is 497 g/mol. The number of para-hydroxylation sites is 1. The van der Waals surface area contributed by atoms with Crippen LogP contribution in [0.4, 0.5) is 0 Å². The number of hydrogen-bond donors (Lipinski definition) is 3. The molecule has 0 saturated heterocycles. The third kappa shape index (κ3) is 4.80. The highest BCUT2D eigenvalue weighted by atomic mass is 16.5. The molecule has 5 rings (SSSR count). The van der Waals surface area contributed by atoms with Gasteiger partial charge in [-0.2, -0.15) is 0 Å². The van der Waals surface area contributed by atoms with E-state index in [-0.39, 0.29) is 25.0 Å². The molecule has 2 saturated carbocycles. The van der Waals surface area contributed by atoms with E-state index in [1.807, 2.05) is 29.2 Å². The fourth-order valence-electron chi connectivity index (χ4n) is 7.00. The third-order valence-corrected chi connectivity index (χ3v) is 8.83. The second-order valence-electron chi connectivity index (χ2n) is 11.6. The van der Waals surface area contributed by atoms with Gasteiger partial charge in [0.15, 0.2) is 0 Å². The van der Waals surface area contributed by atoms with Gasteiger partial charge in [-0.15, -0.1) is 0 Å². The normalized spacial score (nSPS) is 32.0. The first-order valence-corrected chi connectivity index (χ1v) is 13.7. The summed E-state index contributed by atoms with van der Waals surface area (Å²) >= 11 is 0. The number of carbonyl (C=O) groups is 2. The molecular formula is C29H40N2O5. The average Bonchev–Trinajstić information content (AvgIpc) is 3.58. The van der Waals surface area contributed by atoms with Crippen molar-refractivity contribution < 1.29 is 24.5 Å². The Bertz CT molecular complexity index is 1010. The molecule has 3 unspecified atom stereocenters. The van der Waals surface area contributed by atoms with Crippen molar-refractivity contribution in [1.29, 1.82) is 0 Å². The number of nitrogens with one attached hydrogen (secondary N) is 1. The first kappa shape index (κ1) is 25.3. The van der Waals surface area contributed by atoms with Crippen LogP contribution in [0.3, 0.4) is 0 Å². The van der Waals surface area contributed by atoms with Crippen molar-refractivity contribution in [3.63, 3.8) is 0 Å². The van der Waals surface area contributed by atoms with Crippen LogP contribution in [-0.4, -0.2) is 64.9 Å². The molecule has 0 aromatic heterocycles. The van der Waals surface area contributed by atoms with Gasteiger partial charge in [0.25, 0.3) is 0 Å². The maximum atomic E-state index is 13.8. The summed E-state index contributed by atoms with van der Waals surface area (Å²) in [4.78, 5) is 28.9. The molecule has 1 aliphatic heterocycles. The Morgan fingerprint density at radius 1 is 1.19 bits per heavy atom. The van der Waals surface area contributed by atoms with Gasteiger partial charge in [0.1, 0.15) is 18.0 Å². The summed E-state index contributed by atoms with van der Waals surface area (Å²) in [6, 6.07) is 6.93. The molecular weight excluding hydrogens is 456 g/mol. The largest absolute Gasteiger partial charge is 0.486 e. The van der Waals surface area contributed by atoms with Crippen LogP contribution < -0.4 is 10.1 Å². The van der Waals surface area contributed by atoms with Gasteiger partial charge in [0.2, 0.25) is 11.8 Å². The zero-order chi connectivity index (χ0) is 25.4. The van der Waals surface area contributed by atoms with E-state index in [0.29, 0.717) is 42.0 Å². The molecule has 2 amide bonds. The Morgan fingerprint density at radius 2 is 2.00 bits per heavy atom. The predicted molar refractivity (Wildman–Crippen MR) is 136 cm³/mol. The number of amides is 2. The van der Waals surface area contributed by atoms with Gasteiger partial charge in [0, 0.05) is 30.6 Å². The van der Waals surface area contributed by atoms with Crippen molar-refractivity contribution in [3.8, 4) is 5.75 Å². The van der Waals surface area contributed by atoms with E-state index in [4.69, 9.17) is 4.74 Å². The SMILES string of the molecule is CC(C)CCN(C(=O)CC1CC2CCC1C2)[C@@H]1C=C(C(=O)NCCO)[C@@H]2c3ccccc3O[C@@H]2[C@H]1O. The highest BCUT2D eigenvalue weighted by molar-refractivity contribution is 5.96. The fraction of sp³-hybridized carbons (Fsp3) is 0.655. The van der Waals surface area contributed by atoms with Gasteiger partial charge in [-0.3, -0.25) is 9.59 Å². The van der Waals surface area contributed by atoms with E-state index in [2.05, 4.69) is 19.2 Å². The molecule has 1 aromatic rings. The van der Waals surface area contributed by atoms with Gasteiger partial charge >= 0.3 is 0 Å². The first-order chi connectivity index (χ1) is 17.4. The maximum Gasteiger partial charge on any atom is 0.247 e. The Kier molecular flexibility index (Phi) is 7.40. The molecule has 4 aliphatic rings. The fourth-order valence-corrected chi connectivity index (χ4v) is 7.00. The van der Waals surface area contributed by atoms with Crippen molar-refractivity contribution in [2.45, 2.75) is 76.5 Å². The van der Waals surface area contributed by atoms with Gasteiger partial charge in [-0.1, -0.05) is 38.5 Å². The lowest BCUT2D eigenvalue weighted by atomic mass is 9.77. The number of rotatable bonds is 9. The molecule has 2 bridgehead atoms. The molecule has 2 fully saturated rings. The topological polar surface area (TPSA) is 99.1 Å². The van der Waals surface area contributed by atoms with Crippen LogP contribution in [0, 0.1) is 23.7 Å². The second-order valence-corrected chi connectivity index (χ2v) is 11.6. The molecule has 0 radical (unpaired) electrons. The van der Waals surface area contributed by atoms with Gasteiger partial charge in [0.05, 0.1) is 18.6 Å². The molecule has 1 aromatic carbocycles. The number of carbonyl (C=O) groups excluding carboxylic acids is 2. The number of aliphatic hydroxyl groups excluding tert-OH is 2. The quantitative estimate of drug-likeness (QED) is 0.488. The molecule has 0 spiro atoms. The van der Waals surface area contributed by atoms with E-state index in [1.165, 1.54) is 19.3 Å². The number of ether oxygens (including phenoxy) is 1. The van der Waals surface area contributed by atoms with Crippen LogP contribution >= 0.6 is 0 Å². The number of benzene rings is 1. The molecule has 7 heteroatoms. The van der Waals surface area contributed by atoms with E-state index < -0.39 is 24.2 Å². The lowest BCUT2D eigenvalue weighted by Crippen LogP contribution is -2.56. The van der Waals surface area contributed by atoms with E-state index in [1.54, 1.807) is 6.08 Å². The van der Waals surface area contributed by atoms with Crippen molar-refractivity contribution in [3.05, 3.63) is 41.5 Å². The summed E-state index contributed by atoms with van der Waals surface area (Å²) in [6.45, 7) is 4.78. The van der Waals surface area contributed by atoms with Gasteiger partial charge in [-0.25, -0.2) is 0 Å². The highest BCUT2D eigenvalue weighted by Crippen LogP contribution is 2.50. The minimum absolute atomic E-state index is 0.0672. The molecule has 3 N–H and O–H groups in total. The van der Waals surface area contributed by atoms with Crippen LogP contribution in [0.15, 0.2) is 35.9 Å². The minimum atomic E-state index is -0.951. The standard InChI is InChI=1S/C29H40N2O5/c1-17(2)9-11-31(25(33)15-20-14-18-7-8-19(20)13-18)23-16-22(29(35)30-10-12-32)26-21-5-3-4-6-24(21)36-28(26)27(23)34/h3-6,16-20,23,26-28,32,34H,7-15H2,1-2H3,(H,30,35)/t18?,19?,20?,23-,26+,27+,28+/m1/s1. The van der Waals surface area contributed by atoms with Crippen LogP contribution in [0.2, 0.25) is 0 Å². The zero-order valence-corrected chi connectivity index (χ0v) is 21.4. The van der Waals surface area contributed by atoms with Crippen molar-refractivity contribution >= 4 is 11.8 Å². The Balaban J connectivity index is 1.46. The lowest BCUT2D eigenvalue weighted by molar-refractivity contribution is -0.138. The lowest BCUT2D eigenvalue weighted by Gasteiger charge is -2.41. The molecule has 1 heterocycles. The highest BCUT2D eigenvalue weighted by Gasteiger charge is 2.50. The van der Waals surface area contributed by atoms with Gasteiger partial charge < -0.3 is 25.2 Å². The second kappa shape index (κ2) is 10.5. The Morgan fingerprint density at radius 3 is 2.69 bits per heavy atom. The summed E-state index contributed by atoms with van der Waals surface area (Å²) in [5, 5.41) is 23.6.